The van der Waals surface area contributed by atoms with Gasteiger partial charge in [-0.15, -0.1) is 23.2 Å². The number of carbonyl (C=O) groups is 5. The number of anilines is 5. The summed E-state index contributed by atoms with van der Waals surface area (Å²) >= 11 is 21.5. The van der Waals surface area contributed by atoms with Crippen LogP contribution in [0.4, 0.5) is 39.7 Å². The van der Waals surface area contributed by atoms with Crippen LogP contribution in [-0.2, 0) is 27.5 Å². The van der Waals surface area contributed by atoms with E-state index >= 15 is 0 Å². The van der Waals surface area contributed by atoms with Crippen molar-refractivity contribution in [3.63, 3.8) is 0 Å². The molecule has 27 heteroatoms. The Balaban J connectivity index is 0.000000211. The summed E-state index contributed by atoms with van der Waals surface area (Å²) in [6.45, 7) is 12.7. The molecule has 22 nitrogen and oxygen atoms in total. The molecule has 0 atom stereocenters. The number of rotatable bonds is 20. The Bertz CT molecular complexity index is 3960. The third kappa shape index (κ3) is 24.0. The first kappa shape index (κ1) is 76.5. The number of amides is 3. The number of imidazole rings is 2. The topological polar surface area (TPSA) is 286 Å². The number of nitrogens with one attached hydrogen (secondary N) is 7. The van der Waals surface area contributed by atoms with Gasteiger partial charge in [0, 0.05) is 86.9 Å². The summed E-state index contributed by atoms with van der Waals surface area (Å²) in [5.74, 6) is 3.28. The van der Waals surface area contributed by atoms with Crippen LogP contribution in [0.3, 0.4) is 0 Å². The molecule has 0 saturated heterocycles. The fraction of sp³-hybridized carbons (Fsp3) is 0.429. The number of hydrogen-bond donors (Lipinski definition) is 7. The molecule has 0 unspecified atom stereocenters. The Labute approximate surface area is 598 Å². The van der Waals surface area contributed by atoms with Crippen molar-refractivity contribution in [2.24, 2.45) is 16.8 Å². The Morgan fingerprint density at radius 1 is 0.577 bits per heavy atom. The summed E-state index contributed by atoms with van der Waals surface area (Å²) in [7, 11) is 0. The number of ketones is 2. The van der Waals surface area contributed by atoms with Crippen molar-refractivity contribution in [1.29, 1.82) is 0 Å². The van der Waals surface area contributed by atoms with Crippen LogP contribution in [0.1, 0.15) is 170 Å². The van der Waals surface area contributed by atoms with Crippen LogP contribution in [0.2, 0.25) is 0 Å². The number of alkyl halides is 2. The van der Waals surface area contributed by atoms with Crippen molar-refractivity contribution in [2.45, 2.75) is 175 Å². The normalized spacial score (nSPS) is 16.9. The van der Waals surface area contributed by atoms with E-state index < -0.39 is 0 Å². The zero-order valence-corrected chi connectivity index (χ0v) is 59.9. The largest absolute Gasteiger partial charge is 0.364 e. The minimum Gasteiger partial charge on any atom is -0.364 e. The van der Waals surface area contributed by atoms with Crippen LogP contribution in [-0.4, -0.2) is 103 Å². The van der Waals surface area contributed by atoms with E-state index in [0.29, 0.717) is 65.4 Å². The summed E-state index contributed by atoms with van der Waals surface area (Å²) in [5.41, 5.74) is 7.62. The lowest BCUT2D eigenvalue weighted by Crippen LogP contribution is -2.42. The number of isocyanates is 1. The fourth-order valence-corrected chi connectivity index (χ4v) is 11.4. The van der Waals surface area contributed by atoms with Crippen LogP contribution < -0.4 is 37.2 Å². The van der Waals surface area contributed by atoms with Crippen molar-refractivity contribution in [2.75, 3.05) is 31.9 Å². The minimum absolute atomic E-state index is 0. The first-order valence-corrected chi connectivity index (χ1v) is 35.2. The van der Waals surface area contributed by atoms with Gasteiger partial charge in [-0.2, -0.15) is 24.9 Å². The molecule has 4 aromatic heterocycles. The number of carbonyl (C=O) groups excluding carboxylic acids is 6. The lowest BCUT2D eigenvalue weighted by Gasteiger charge is -2.29. The van der Waals surface area contributed by atoms with Gasteiger partial charge in [-0.25, -0.2) is 19.6 Å². The quantitative estimate of drug-likeness (QED) is 0.0123. The molecular weight excluding hydrogens is 1430 g/mol. The molecule has 7 N–H and O–H groups in total. The smallest absolute Gasteiger partial charge is 0.319 e. The highest BCUT2D eigenvalue weighted by atomic mass is 79.9. The van der Waals surface area contributed by atoms with Gasteiger partial charge in [-0.05, 0) is 190 Å². The number of benzene rings is 4. The highest BCUT2D eigenvalue weighted by Gasteiger charge is 2.33. The molecule has 4 aromatic carbocycles. The standard InChI is InChI=1S/C30H35BrN8O2.C25H32BrN7O.C9H7NO2.C4H5ClO.CH2Cl2.CH4/c1-18(2)39-17-33-26-27(32-16-20-7-9-22(31)10-8-20)37-29(38-28(26)39)34-23-11-13-24(14-12-23)35-30(41)36-25-6-4-5-21(15-25)19(3)40;1-15(2)33-14-28-21-22(27-13-16-3-7-18(26)8-4-16)31-25(32-23(21)33)30-20-11-9-19(10-12-20)29-24(34)17-5-6-17;1-7(12)8-3-2-4-9(5-8)10-6-11;5-4(6)3-1-2-3;2-1-3;/h4-10,15,17-18,23-24H,11-14,16H2,1-3H3,(H2,35,36,41)(H2,32,34,37,38);3-4,7-8,14-15,17,19-20H,5-6,9-13H2,1-2H3,(H,29,34)(H2,27,30,31,32);2-5H,1H3;3H,1-2H2;1H2;1H4. The maximum atomic E-state index is 12.6. The highest BCUT2D eigenvalue weighted by molar-refractivity contribution is 9.10. The second-order valence-corrected chi connectivity index (χ2v) is 27.5. The molecule has 0 radical (unpaired) electrons. The van der Waals surface area contributed by atoms with Crippen LogP contribution >= 0.6 is 66.7 Å². The molecule has 0 bridgehead atoms. The molecular formula is C70H85Br2Cl3N16O6. The molecule has 4 saturated carbocycles. The maximum absolute atomic E-state index is 12.6. The number of urea groups is 1. The first-order chi connectivity index (χ1) is 46.2. The van der Waals surface area contributed by atoms with E-state index in [-0.39, 0.29) is 77.5 Å². The van der Waals surface area contributed by atoms with Gasteiger partial charge < -0.3 is 46.4 Å². The third-order valence-electron chi connectivity index (χ3n) is 16.3. The van der Waals surface area contributed by atoms with Gasteiger partial charge in [0.1, 0.15) is 0 Å². The summed E-state index contributed by atoms with van der Waals surface area (Å²) < 4.78 is 6.23. The zero-order chi connectivity index (χ0) is 68.8. The molecule has 4 heterocycles. The predicted molar refractivity (Wildman–Crippen MR) is 394 cm³/mol. The summed E-state index contributed by atoms with van der Waals surface area (Å²) in [6.07, 6.45) is 16.6. The molecule has 3 amide bonds. The van der Waals surface area contributed by atoms with Gasteiger partial charge in [-0.1, -0.05) is 87.8 Å². The van der Waals surface area contributed by atoms with Crippen molar-refractivity contribution in [3.8, 4) is 0 Å². The van der Waals surface area contributed by atoms with Crippen LogP contribution in [0.15, 0.2) is 124 Å². The molecule has 12 rings (SSSR count). The van der Waals surface area contributed by atoms with Gasteiger partial charge in [0.2, 0.25) is 29.1 Å². The minimum atomic E-state index is -0.265. The van der Waals surface area contributed by atoms with Gasteiger partial charge in [-0.3, -0.25) is 19.2 Å². The molecule has 4 aliphatic carbocycles. The van der Waals surface area contributed by atoms with E-state index in [1.54, 1.807) is 48.5 Å². The molecule has 516 valence electrons. The number of aliphatic imine (C=N–C) groups is 1. The fourth-order valence-electron chi connectivity index (χ4n) is 10.7. The van der Waals surface area contributed by atoms with E-state index in [9.17, 15) is 28.8 Å². The van der Waals surface area contributed by atoms with E-state index in [1.807, 2.05) is 36.9 Å². The zero-order valence-electron chi connectivity index (χ0n) is 54.5. The molecule has 97 heavy (non-hydrogen) atoms. The van der Waals surface area contributed by atoms with Gasteiger partial charge >= 0.3 is 6.03 Å². The lowest BCUT2D eigenvalue weighted by molar-refractivity contribution is -0.123. The van der Waals surface area contributed by atoms with Crippen LogP contribution in [0.5, 0.6) is 0 Å². The first-order valence-electron chi connectivity index (χ1n) is 32.1. The van der Waals surface area contributed by atoms with Crippen LogP contribution in [0.25, 0.3) is 22.3 Å². The Morgan fingerprint density at radius 3 is 1.40 bits per heavy atom. The maximum Gasteiger partial charge on any atom is 0.319 e. The number of Topliss-reactive ketones (excluding diaryl/α,β-unsaturated/α-hetero) is 2. The Morgan fingerprint density at radius 2 is 1.00 bits per heavy atom. The number of hydrogen-bond acceptors (Lipinski definition) is 17. The average molecular weight is 1510 g/mol. The third-order valence-corrected chi connectivity index (χ3v) is 17.7. The van der Waals surface area contributed by atoms with Gasteiger partial charge in [0.15, 0.2) is 45.5 Å². The number of aromatic nitrogens is 8. The van der Waals surface area contributed by atoms with E-state index in [1.165, 1.54) is 25.5 Å². The SMILES string of the molecule is C.CC(=O)c1cccc(N=C=O)c1.CC(=O)c1cccc(NC(=O)NC2CCC(Nc3nc(NCc4ccc(Br)cc4)c4ncn(C(C)C)c4n3)CC2)c1.CC(C)n1cnc2c(NCc3ccc(Br)cc3)nc(NC3CCC(NC(=O)C4CC4)CC3)nc21.ClCCl.O=C(Cl)C1CC1. The summed E-state index contributed by atoms with van der Waals surface area (Å²) in [4.78, 5) is 98.9. The van der Waals surface area contributed by atoms with Gasteiger partial charge in [0.05, 0.1) is 23.7 Å². The molecule has 4 fully saturated rings. The lowest BCUT2D eigenvalue weighted by atomic mass is 9.91. The Hall–Kier alpha value is -7.86. The summed E-state index contributed by atoms with van der Waals surface area (Å²) in [5, 5.41) is 23.2. The summed E-state index contributed by atoms with van der Waals surface area (Å²) in [6, 6.07) is 30.9. The van der Waals surface area contributed by atoms with E-state index in [0.717, 1.165) is 120 Å². The number of halogens is 5. The van der Waals surface area contributed by atoms with Crippen molar-refractivity contribution >= 4 is 159 Å². The second-order valence-electron chi connectivity index (χ2n) is 24.5. The number of nitrogens with zero attached hydrogens (tertiary/aromatic N) is 9. The van der Waals surface area contributed by atoms with E-state index in [4.69, 9.17) is 54.7 Å². The highest BCUT2D eigenvalue weighted by Crippen LogP contribution is 2.33. The molecule has 8 aromatic rings. The molecule has 0 aliphatic heterocycles. The molecule has 0 spiro atoms. The van der Waals surface area contributed by atoms with Crippen molar-refractivity contribution < 1.29 is 28.8 Å². The number of fused-ring (bicyclic) bond motifs is 2. The molecule has 4 aliphatic rings. The predicted octanol–water partition coefficient (Wildman–Crippen LogP) is 16.6. The average Bonchev–Trinajstić information content (AvgIpc) is 1.69. The second kappa shape index (κ2) is 37.8. The monoisotopic (exact) mass is 1510 g/mol. The Kier molecular flexibility index (Phi) is 29.8. The van der Waals surface area contributed by atoms with Crippen LogP contribution in [0, 0.1) is 11.8 Å². The van der Waals surface area contributed by atoms with Gasteiger partial charge in [0.25, 0.3) is 0 Å². The van der Waals surface area contributed by atoms with Crippen molar-refractivity contribution in [1.82, 2.24) is 49.7 Å². The van der Waals surface area contributed by atoms with Crippen molar-refractivity contribution in [3.05, 3.63) is 141 Å². The van der Waals surface area contributed by atoms with E-state index in [2.05, 4.69) is 145 Å².